The van der Waals surface area contributed by atoms with Crippen LogP contribution in [-0.4, -0.2) is 35.1 Å². The minimum Gasteiger partial charge on any atom is -0.390 e. The molecule has 2 aromatic rings. The van der Waals surface area contributed by atoms with E-state index in [0.717, 1.165) is 0 Å². The molecular weight excluding hydrogens is 290 g/mol. The molecule has 7 heteroatoms. The first-order valence-corrected chi connectivity index (χ1v) is 6.13. The van der Waals surface area contributed by atoms with Crippen molar-refractivity contribution in [3.8, 4) is 0 Å². The number of carbonyl (C=O) groups excluding carboxylic acids is 1. The number of alkyl halides is 2. The molecule has 1 aromatic carbocycles. The van der Waals surface area contributed by atoms with E-state index in [1.165, 1.54) is 6.07 Å². The van der Waals surface area contributed by atoms with Crippen molar-refractivity contribution in [1.82, 2.24) is 10.3 Å². The highest BCUT2D eigenvalue weighted by atomic mass is 35.5. The maximum atomic E-state index is 12.8. The number of benzene rings is 1. The first-order valence-electron chi connectivity index (χ1n) is 5.75. The van der Waals surface area contributed by atoms with Crippen LogP contribution in [-0.2, 0) is 0 Å². The predicted molar refractivity (Wildman–Crippen MR) is 71.1 cm³/mol. The standard InChI is InChI=1S/C13H11ClF2N2O2/c14-9-5-11(12(20)17-6-13(15,16)7-19)18-10-4-2-1-3-8(9)10/h1-5,19H,6-7H2,(H,17,20). The highest BCUT2D eigenvalue weighted by Crippen LogP contribution is 2.22. The smallest absolute Gasteiger partial charge is 0.287 e. The van der Waals surface area contributed by atoms with Crippen LogP contribution in [0.5, 0.6) is 0 Å². The van der Waals surface area contributed by atoms with Crippen molar-refractivity contribution >= 4 is 28.4 Å². The van der Waals surface area contributed by atoms with E-state index in [1.807, 2.05) is 5.32 Å². The van der Waals surface area contributed by atoms with Crippen molar-refractivity contribution in [2.45, 2.75) is 5.92 Å². The maximum Gasteiger partial charge on any atom is 0.287 e. The van der Waals surface area contributed by atoms with Gasteiger partial charge in [0.05, 0.1) is 17.1 Å². The quantitative estimate of drug-likeness (QED) is 0.910. The van der Waals surface area contributed by atoms with Gasteiger partial charge in [-0.15, -0.1) is 0 Å². The van der Waals surface area contributed by atoms with Gasteiger partial charge in [-0.1, -0.05) is 29.8 Å². The molecule has 0 bridgehead atoms. The van der Waals surface area contributed by atoms with Crippen molar-refractivity contribution in [1.29, 1.82) is 0 Å². The van der Waals surface area contributed by atoms with E-state index in [1.54, 1.807) is 24.3 Å². The van der Waals surface area contributed by atoms with Gasteiger partial charge in [-0.2, -0.15) is 0 Å². The lowest BCUT2D eigenvalue weighted by molar-refractivity contribution is -0.0462. The van der Waals surface area contributed by atoms with Gasteiger partial charge in [0, 0.05) is 5.39 Å². The third-order valence-electron chi connectivity index (χ3n) is 2.64. The Hall–Kier alpha value is -1.79. The monoisotopic (exact) mass is 300 g/mol. The third kappa shape index (κ3) is 3.20. The van der Waals surface area contributed by atoms with E-state index < -0.39 is 25.0 Å². The first-order chi connectivity index (χ1) is 9.43. The minimum absolute atomic E-state index is 0.0533. The summed E-state index contributed by atoms with van der Waals surface area (Å²) < 4.78 is 25.7. The Morgan fingerprint density at radius 3 is 2.80 bits per heavy atom. The lowest BCUT2D eigenvalue weighted by Crippen LogP contribution is -2.39. The molecule has 20 heavy (non-hydrogen) atoms. The topological polar surface area (TPSA) is 62.2 Å². The zero-order valence-electron chi connectivity index (χ0n) is 10.2. The normalized spacial score (nSPS) is 11.6. The van der Waals surface area contributed by atoms with Gasteiger partial charge in [0.1, 0.15) is 12.3 Å². The predicted octanol–water partition coefficient (Wildman–Crippen LogP) is 2.25. The summed E-state index contributed by atoms with van der Waals surface area (Å²) in [5, 5.41) is 11.4. The summed E-state index contributed by atoms with van der Waals surface area (Å²) in [6.07, 6.45) is 0. The van der Waals surface area contributed by atoms with Gasteiger partial charge in [0.15, 0.2) is 0 Å². The average molecular weight is 301 g/mol. The first kappa shape index (κ1) is 14.6. The Morgan fingerprint density at radius 1 is 1.40 bits per heavy atom. The zero-order valence-corrected chi connectivity index (χ0v) is 11.0. The number of fused-ring (bicyclic) bond motifs is 1. The molecule has 0 aliphatic heterocycles. The van der Waals surface area contributed by atoms with Crippen LogP contribution in [0.15, 0.2) is 30.3 Å². The van der Waals surface area contributed by atoms with Crippen LogP contribution >= 0.6 is 11.6 Å². The largest absolute Gasteiger partial charge is 0.390 e. The van der Waals surface area contributed by atoms with Crippen LogP contribution in [0.2, 0.25) is 5.02 Å². The van der Waals surface area contributed by atoms with Gasteiger partial charge in [-0.3, -0.25) is 4.79 Å². The fourth-order valence-electron chi connectivity index (χ4n) is 1.61. The van der Waals surface area contributed by atoms with Crippen LogP contribution in [0.4, 0.5) is 8.78 Å². The maximum absolute atomic E-state index is 12.8. The summed E-state index contributed by atoms with van der Waals surface area (Å²) in [4.78, 5) is 15.8. The zero-order chi connectivity index (χ0) is 14.8. The highest BCUT2D eigenvalue weighted by molar-refractivity contribution is 6.35. The lowest BCUT2D eigenvalue weighted by Gasteiger charge is -2.13. The van der Waals surface area contributed by atoms with Gasteiger partial charge < -0.3 is 10.4 Å². The summed E-state index contributed by atoms with van der Waals surface area (Å²) in [6, 6.07) is 8.23. The molecule has 2 N–H and O–H groups in total. The van der Waals surface area contributed by atoms with Gasteiger partial charge >= 0.3 is 0 Å². The van der Waals surface area contributed by atoms with Crippen molar-refractivity contribution in [3.63, 3.8) is 0 Å². The number of para-hydroxylation sites is 1. The Balaban J connectivity index is 2.23. The Labute approximate surface area is 118 Å². The van der Waals surface area contributed by atoms with Crippen molar-refractivity contribution in [2.75, 3.05) is 13.2 Å². The molecule has 0 aliphatic carbocycles. The molecule has 4 nitrogen and oxygen atoms in total. The number of nitrogens with one attached hydrogen (secondary N) is 1. The van der Waals surface area contributed by atoms with E-state index in [-0.39, 0.29) is 5.69 Å². The number of aromatic nitrogens is 1. The molecule has 0 atom stereocenters. The lowest BCUT2D eigenvalue weighted by atomic mass is 10.2. The number of hydrogen-bond donors (Lipinski definition) is 2. The summed E-state index contributed by atoms with van der Waals surface area (Å²) in [5.41, 5.74) is 0.446. The third-order valence-corrected chi connectivity index (χ3v) is 2.95. The Morgan fingerprint density at radius 2 is 2.10 bits per heavy atom. The molecule has 0 saturated heterocycles. The van der Waals surface area contributed by atoms with Gasteiger partial charge in [-0.05, 0) is 12.1 Å². The number of amides is 1. The minimum atomic E-state index is -3.36. The van der Waals surface area contributed by atoms with Gasteiger partial charge in [0.2, 0.25) is 0 Å². The van der Waals surface area contributed by atoms with Crippen LogP contribution in [0.3, 0.4) is 0 Å². The molecule has 1 amide bonds. The van der Waals surface area contributed by atoms with Gasteiger partial charge in [-0.25, -0.2) is 13.8 Å². The molecular formula is C13H11ClF2N2O2. The summed E-state index contributed by atoms with van der Waals surface area (Å²) in [6.45, 7) is -2.30. The van der Waals surface area contributed by atoms with E-state index in [0.29, 0.717) is 15.9 Å². The van der Waals surface area contributed by atoms with Crippen molar-refractivity contribution in [2.24, 2.45) is 0 Å². The number of hydrogen-bond acceptors (Lipinski definition) is 3. The molecule has 0 radical (unpaired) electrons. The SMILES string of the molecule is O=C(NCC(F)(F)CO)c1cc(Cl)c2ccccc2n1. The summed E-state index contributed by atoms with van der Waals surface area (Å²) >= 11 is 6.02. The number of carbonyl (C=O) groups is 1. The molecule has 0 fully saturated rings. The van der Waals surface area contributed by atoms with E-state index in [9.17, 15) is 13.6 Å². The van der Waals surface area contributed by atoms with E-state index in [4.69, 9.17) is 16.7 Å². The molecule has 2 rings (SSSR count). The van der Waals surface area contributed by atoms with Crippen molar-refractivity contribution < 1.29 is 18.7 Å². The van der Waals surface area contributed by atoms with Crippen LogP contribution in [0.1, 0.15) is 10.5 Å². The summed E-state index contributed by atoms with van der Waals surface area (Å²) in [5.74, 6) is -4.14. The van der Waals surface area contributed by atoms with Crippen LogP contribution < -0.4 is 5.32 Å². The van der Waals surface area contributed by atoms with Crippen LogP contribution in [0, 0.1) is 0 Å². The molecule has 1 aromatic heterocycles. The molecule has 0 saturated carbocycles. The molecule has 1 heterocycles. The number of nitrogens with zero attached hydrogens (tertiary/aromatic N) is 1. The molecule has 0 aliphatic rings. The highest BCUT2D eigenvalue weighted by Gasteiger charge is 2.28. The number of pyridine rings is 1. The molecule has 106 valence electrons. The number of rotatable bonds is 4. The number of halogens is 3. The molecule has 0 spiro atoms. The summed E-state index contributed by atoms with van der Waals surface area (Å²) in [7, 11) is 0. The Bertz CT molecular complexity index is 649. The van der Waals surface area contributed by atoms with Gasteiger partial charge in [0.25, 0.3) is 11.8 Å². The average Bonchev–Trinajstić information content (AvgIpc) is 2.45. The van der Waals surface area contributed by atoms with Crippen LogP contribution in [0.25, 0.3) is 10.9 Å². The number of aliphatic hydroxyl groups is 1. The van der Waals surface area contributed by atoms with E-state index >= 15 is 0 Å². The second-order valence-electron chi connectivity index (χ2n) is 4.20. The van der Waals surface area contributed by atoms with E-state index in [2.05, 4.69) is 4.98 Å². The molecule has 0 unspecified atom stereocenters. The fraction of sp³-hybridized carbons (Fsp3) is 0.231. The Kier molecular flexibility index (Phi) is 4.15. The number of aliphatic hydroxyl groups excluding tert-OH is 1. The van der Waals surface area contributed by atoms with Crippen molar-refractivity contribution in [3.05, 3.63) is 41.0 Å². The second-order valence-corrected chi connectivity index (χ2v) is 4.61. The fourth-order valence-corrected chi connectivity index (χ4v) is 1.87. The second kappa shape index (κ2) is 5.68.